The Bertz CT molecular complexity index is 1170. The lowest BCUT2D eigenvalue weighted by Gasteiger charge is -2.30. The molecule has 2 aromatic carbocycles. The summed E-state index contributed by atoms with van der Waals surface area (Å²) in [5.74, 6) is -1.22. The maximum absolute atomic E-state index is 14.7. The molecule has 1 aromatic heterocycles. The van der Waals surface area contributed by atoms with Crippen molar-refractivity contribution in [3.63, 3.8) is 0 Å². The smallest absolute Gasteiger partial charge is 0.300 e. The molecule has 1 heterocycles. The van der Waals surface area contributed by atoms with E-state index < -0.39 is 11.5 Å². The van der Waals surface area contributed by atoms with Crippen LogP contribution in [0.15, 0.2) is 36.4 Å². The Hall–Kier alpha value is -3.04. The van der Waals surface area contributed by atoms with Gasteiger partial charge in [-0.15, -0.1) is 0 Å². The third-order valence-corrected chi connectivity index (χ3v) is 5.71. The molecule has 2 N–H and O–H groups in total. The summed E-state index contributed by atoms with van der Waals surface area (Å²) in [6, 6.07) is 9.27. The molecule has 1 atom stereocenters. The van der Waals surface area contributed by atoms with Crippen molar-refractivity contribution in [2.45, 2.75) is 51.7 Å². The highest BCUT2D eigenvalue weighted by Crippen LogP contribution is 2.40. The number of aryl methyl sites for hydroxylation is 1. The molecule has 0 spiro atoms. The van der Waals surface area contributed by atoms with Crippen molar-refractivity contribution >= 4 is 16.7 Å². The van der Waals surface area contributed by atoms with Gasteiger partial charge in [0.2, 0.25) is 0 Å². The summed E-state index contributed by atoms with van der Waals surface area (Å²) >= 11 is 0. The van der Waals surface area contributed by atoms with Crippen LogP contribution in [0.3, 0.4) is 0 Å². The van der Waals surface area contributed by atoms with E-state index in [1.165, 1.54) is 12.1 Å². The van der Waals surface area contributed by atoms with Crippen LogP contribution in [0.25, 0.3) is 10.9 Å². The van der Waals surface area contributed by atoms with Crippen LogP contribution < -0.4 is 14.8 Å². The molecular weight excluding hydrogens is 456 g/mol. The number of benzene rings is 2. The molecule has 0 unspecified atom stereocenters. The first-order chi connectivity index (χ1) is 16.5. The Labute approximate surface area is 204 Å². The number of alkyl halides is 2. The third-order valence-electron chi connectivity index (χ3n) is 5.71. The van der Waals surface area contributed by atoms with E-state index in [0.29, 0.717) is 52.8 Å². The van der Waals surface area contributed by atoms with Crippen molar-refractivity contribution < 1.29 is 28.1 Å². The first kappa shape index (κ1) is 26.6. The predicted molar refractivity (Wildman–Crippen MR) is 131 cm³/mol. The molecule has 35 heavy (non-hydrogen) atoms. The summed E-state index contributed by atoms with van der Waals surface area (Å²) in [4.78, 5) is 9.07. The van der Waals surface area contributed by atoms with Crippen molar-refractivity contribution in [3.8, 4) is 11.5 Å². The molecular formula is C26H33F2N3O4. The van der Waals surface area contributed by atoms with E-state index in [1.807, 2.05) is 13.0 Å². The van der Waals surface area contributed by atoms with Crippen molar-refractivity contribution in [1.82, 2.24) is 9.97 Å². The van der Waals surface area contributed by atoms with Crippen LogP contribution in [0.2, 0.25) is 0 Å². The predicted octanol–water partition coefficient (Wildman–Crippen LogP) is 5.40. The van der Waals surface area contributed by atoms with Gasteiger partial charge in [0, 0.05) is 43.2 Å². The zero-order valence-electron chi connectivity index (χ0n) is 21.0. The first-order valence-electron chi connectivity index (χ1n) is 11.4. The van der Waals surface area contributed by atoms with Crippen LogP contribution in [0, 0.1) is 6.92 Å². The maximum Gasteiger partial charge on any atom is 0.300 e. The Morgan fingerprint density at radius 3 is 2.46 bits per heavy atom. The summed E-state index contributed by atoms with van der Waals surface area (Å²) in [5.41, 5.74) is -1.16. The number of hydrogen-bond donors (Lipinski definition) is 2. The molecule has 0 aliphatic heterocycles. The largest absolute Gasteiger partial charge is 0.493 e. The summed E-state index contributed by atoms with van der Waals surface area (Å²) in [7, 11) is 3.20. The summed E-state index contributed by atoms with van der Waals surface area (Å²) in [6.07, 6.45) is 0.718. The van der Waals surface area contributed by atoms with Crippen LogP contribution in [-0.2, 0) is 10.7 Å². The Kier molecular flexibility index (Phi) is 8.12. The van der Waals surface area contributed by atoms with Gasteiger partial charge in [-0.05, 0) is 45.4 Å². The van der Waals surface area contributed by atoms with E-state index in [-0.39, 0.29) is 11.6 Å². The van der Waals surface area contributed by atoms with Gasteiger partial charge in [-0.1, -0.05) is 18.2 Å². The quantitative estimate of drug-likeness (QED) is 0.349. The fraction of sp³-hybridized carbons (Fsp3) is 0.462. The molecule has 7 nitrogen and oxygen atoms in total. The normalized spacial score (nSPS) is 13.1. The van der Waals surface area contributed by atoms with Crippen LogP contribution in [0.5, 0.6) is 11.5 Å². The summed E-state index contributed by atoms with van der Waals surface area (Å²) in [6.45, 7) is 6.86. The molecule has 3 rings (SSSR count). The highest BCUT2D eigenvalue weighted by Gasteiger charge is 2.47. The number of nitrogens with zero attached hydrogens (tertiary/aromatic N) is 2. The first-order valence-corrected chi connectivity index (χ1v) is 11.4. The number of nitrogens with one attached hydrogen (secondary N) is 1. The minimum absolute atomic E-state index is 0.253. The topological polar surface area (TPSA) is 85.7 Å². The maximum atomic E-state index is 14.7. The molecule has 0 saturated heterocycles. The van der Waals surface area contributed by atoms with Gasteiger partial charge in [0.05, 0.1) is 19.2 Å². The van der Waals surface area contributed by atoms with E-state index in [1.54, 1.807) is 39.3 Å². The molecule has 9 heteroatoms. The number of rotatable bonds is 11. The number of halogens is 2. The number of fused-ring (bicyclic) bond motifs is 1. The van der Waals surface area contributed by atoms with E-state index in [2.05, 4.69) is 15.3 Å². The number of ether oxygens (including phenoxy) is 3. The molecule has 0 saturated carbocycles. The highest BCUT2D eigenvalue weighted by molar-refractivity contribution is 5.92. The SMILES string of the molecule is COCCCOc1cc2c(N[C@H](C)c3cccc(C(F)(F)C(C)(C)O)c3)nc(C)nc2cc1OC. The molecule has 190 valence electrons. The molecule has 0 fully saturated rings. The summed E-state index contributed by atoms with van der Waals surface area (Å²) < 4.78 is 45.9. The fourth-order valence-electron chi connectivity index (χ4n) is 3.67. The van der Waals surface area contributed by atoms with Crippen molar-refractivity contribution in [2.24, 2.45) is 0 Å². The molecule has 0 amide bonds. The van der Waals surface area contributed by atoms with Crippen molar-refractivity contribution in [3.05, 3.63) is 53.3 Å². The van der Waals surface area contributed by atoms with E-state index in [0.717, 1.165) is 20.3 Å². The zero-order valence-corrected chi connectivity index (χ0v) is 21.0. The Balaban J connectivity index is 1.95. The van der Waals surface area contributed by atoms with Crippen LogP contribution in [-0.4, -0.2) is 48.1 Å². The van der Waals surface area contributed by atoms with Gasteiger partial charge in [0.1, 0.15) is 17.2 Å². The average Bonchev–Trinajstić information content (AvgIpc) is 2.80. The van der Waals surface area contributed by atoms with Gasteiger partial charge in [-0.2, -0.15) is 8.78 Å². The average molecular weight is 490 g/mol. The van der Waals surface area contributed by atoms with Crippen LogP contribution in [0.1, 0.15) is 50.2 Å². The molecule has 3 aromatic rings. The number of aliphatic hydroxyl groups is 1. The van der Waals surface area contributed by atoms with E-state index in [4.69, 9.17) is 14.2 Å². The van der Waals surface area contributed by atoms with Gasteiger partial charge in [-0.3, -0.25) is 0 Å². The van der Waals surface area contributed by atoms with Gasteiger partial charge in [0.25, 0.3) is 0 Å². The van der Waals surface area contributed by atoms with Crippen LogP contribution >= 0.6 is 0 Å². The molecule has 0 bridgehead atoms. The fourth-order valence-corrected chi connectivity index (χ4v) is 3.67. The lowest BCUT2D eigenvalue weighted by Crippen LogP contribution is -2.40. The zero-order chi connectivity index (χ0) is 25.8. The standard InChI is InChI=1S/C26H33F2N3O4/c1-16(18-9-7-10-19(13-18)26(27,28)25(3,4)32)29-24-20-14-23(35-12-8-11-33-5)22(34-6)15-21(20)30-17(2)31-24/h7,9-10,13-16,32H,8,11-12H2,1-6H3,(H,29,30,31)/t16-/m1/s1. The Morgan fingerprint density at radius 2 is 1.80 bits per heavy atom. The van der Waals surface area contributed by atoms with Gasteiger partial charge in [-0.25, -0.2) is 9.97 Å². The minimum atomic E-state index is -3.41. The minimum Gasteiger partial charge on any atom is -0.493 e. The van der Waals surface area contributed by atoms with E-state index in [9.17, 15) is 13.9 Å². The molecule has 0 aliphatic carbocycles. The molecule has 0 aliphatic rings. The second kappa shape index (κ2) is 10.7. The van der Waals surface area contributed by atoms with Crippen LogP contribution in [0.4, 0.5) is 14.6 Å². The van der Waals surface area contributed by atoms with Crippen molar-refractivity contribution in [1.29, 1.82) is 0 Å². The third kappa shape index (κ3) is 5.97. The van der Waals surface area contributed by atoms with Gasteiger partial charge < -0.3 is 24.6 Å². The van der Waals surface area contributed by atoms with Crippen molar-refractivity contribution in [2.75, 3.05) is 32.8 Å². The Morgan fingerprint density at radius 1 is 1.06 bits per heavy atom. The van der Waals surface area contributed by atoms with E-state index >= 15 is 0 Å². The number of aromatic nitrogens is 2. The highest BCUT2D eigenvalue weighted by atomic mass is 19.3. The lowest BCUT2D eigenvalue weighted by atomic mass is 9.91. The summed E-state index contributed by atoms with van der Waals surface area (Å²) in [5, 5.41) is 14.0. The number of methoxy groups -OCH3 is 2. The number of anilines is 1. The lowest BCUT2D eigenvalue weighted by molar-refractivity contribution is -0.168. The number of hydrogen-bond acceptors (Lipinski definition) is 7. The second-order valence-electron chi connectivity index (χ2n) is 8.96. The monoisotopic (exact) mass is 489 g/mol. The molecule has 0 radical (unpaired) electrons. The second-order valence-corrected chi connectivity index (χ2v) is 8.96. The van der Waals surface area contributed by atoms with Gasteiger partial charge in [0.15, 0.2) is 11.5 Å². The van der Waals surface area contributed by atoms with Gasteiger partial charge >= 0.3 is 5.92 Å².